The maximum Gasteiger partial charge on any atom is 0.315 e. The molecule has 1 N–H and O–H groups in total. The Morgan fingerprint density at radius 3 is 2.40 bits per heavy atom. The summed E-state index contributed by atoms with van der Waals surface area (Å²) in [6, 6.07) is 0. The Labute approximate surface area is 98.3 Å². The van der Waals surface area contributed by atoms with Gasteiger partial charge in [-0.05, 0) is 24.3 Å². The van der Waals surface area contributed by atoms with Crippen LogP contribution in [0.2, 0.25) is 0 Å². The first kappa shape index (κ1) is 11.6. The second-order valence-corrected chi connectivity index (χ2v) is 6.42. The first-order chi connectivity index (χ1) is 7.15. The largest absolute Gasteiger partial charge is 0.468 e. The molecule has 0 bridgehead atoms. The average Bonchev–Trinajstić information content (AvgIpc) is 2.86. The van der Waals surface area contributed by atoms with Crippen LogP contribution in [0.5, 0.6) is 0 Å². The van der Waals surface area contributed by atoms with Gasteiger partial charge in [0.2, 0.25) is 0 Å². The first-order valence-electron chi connectivity index (χ1n) is 5.11. The first-order valence-corrected chi connectivity index (χ1v) is 7.42. The third-order valence-electron chi connectivity index (χ3n) is 3.49. The molecule has 0 saturated carbocycles. The number of hydrogen-bond acceptors (Lipinski definition) is 5. The van der Waals surface area contributed by atoms with Crippen LogP contribution >= 0.6 is 23.5 Å². The molecule has 5 heteroatoms. The van der Waals surface area contributed by atoms with Crippen molar-refractivity contribution in [3.63, 3.8) is 0 Å². The molecule has 0 aromatic rings. The van der Waals surface area contributed by atoms with Crippen molar-refractivity contribution in [1.29, 1.82) is 0 Å². The van der Waals surface area contributed by atoms with Crippen molar-refractivity contribution in [2.75, 3.05) is 30.1 Å². The molecule has 0 spiro atoms. The number of ether oxygens (including phenoxy) is 1. The van der Waals surface area contributed by atoms with Gasteiger partial charge in [-0.25, -0.2) is 0 Å². The van der Waals surface area contributed by atoms with Crippen LogP contribution < -0.4 is 0 Å². The van der Waals surface area contributed by atoms with Gasteiger partial charge in [-0.1, -0.05) is 0 Å². The molecule has 0 amide bonds. The summed E-state index contributed by atoms with van der Waals surface area (Å²) in [6.07, 6.45) is 1.47. The second kappa shape index (κ2) is 4.18. The van der Waals surface area contributed by atoms with E-state index in [2.05, 4.69) is 0 Å². The number of carbonyl (C=O) groups is 1. The van der Waals surface area contributed by atoms with Crippen LogP contribution in [0.25, 0.3) is 0 Å². The molecule has 2 unspecified atom stereocenters. The molecule has 2 fully saturated rings. The minimum atomic E-state index is -0.839. The molecule has 2 aliphatic rings. The predicted octanol–water partition coefficient (Wildman–Crippen LogP) is 1.15. The van der Waals surface area contributed by atoms with Crippen LogP contribution in [-0.4, -0.2) is 46.8 Å². The second-order valence-electron chi connectivity index (χ2n) is 4.21. The summed E-state index contributed by atoms with van der Waals surface area (Å²) in [5.41, 5.74) is -1.48. The summed E-state index contributed by atoms with van der Waals surface area (Å²) in [4.78, 5) is 11.9. The summed E-state index contributed by atoms with van der Waals surface area (Å²) in [7, 11) is 1.42. The maximum absolute atomic E-state index is 11.9. The van der Waals surface area contributed by atoms with E-state index in [9.17, 15) is 9.90 Å². The zero-order valence-corrected chi connectivity index (χ0v) is 10.5. The van der Waals surface area contributed by atoms with Crippen LogP contribution in [0.1, 0.15) is 12.8 Å². The van der Waals surface area contributed by atoms with Crippen LogP contribution in [0.15, 0.2) is 0 Å². The number of rotatable bonds is 2. The third-order valence-corrected chi connectivity index (χ3v) is 5.85. The van der Waals surface area contributed by atoms with Gasteiger partial charge in [0.1, 0.15) is 5.41 Å². The minimum Gasteiger partial charge on any atom is -0.468 e. The molecule has 2 heterocycles. The molecule has 0 radical (unpaired) electrons. The lowest BCUT2D eigenvalue weighted by Gasteiger charge is -2.39. The Morgan fingerprint density at radius 2 is 1.93 bits per heavy atom. The van der Waals surface area contributed by atoms with Gasteiger partial charge < -0.3 is 9.84 Å². The van der Waals surface area contributed by atoms with E-state index < -0.39 is 11.0 Å². The lowest BCUT2D eigenvalue weighted by atomic mass is 9.71. The summed E-state index contributed by atoms with van der Waals surface area (Å²) >= 11 is 3.47. The maximum atomic E-state index is 11.9. The van der Waals surface area contributed by atoms with E-state index in [0.29, 0.717) is 17.9 Å². The van der Waals surface area contributed by atoms with Crippen molar-refractivity contribution in [1.82, 2.24) is 0 Å². The fourth-order valence-electron chi connectivity index (χ4n) is 2.41. The van der Waals surface area contributed by atoms with Crippen molar-refractivity contribution in [3.05, 3.63) is 0 Å². The Hall–Kier alpha value is 0.130. The third kappa shape index (κ3) is 1.68. The van der Waals surface area contributed by atoms with E-state index in [1.165, 1.54) is 7.11 Å². The van der Waals surface area contributed by atoms with Gasteiger partial charge in [0.25, 0.3) is 0 Å². The monoisotopic (exact) mass is 248 g/mol. The molecule has 2 rings (SSSR count). The van der Waals surface area contributed by atoms with Gasteiger partial charge in [-0.3, -0.25) is 4.79 Å². The molecule has 0 aromatic carbocycles. The molecule has 2 saturated heterocycles. The number of carbonyl (C=O) groups excluding carboxylic acids is 1. The van der Waals surface area contributed by atoms with Crippen molar-refractivity contribution in [3.8, 4) is 0 Å². The normalized spacial score (nSPS) is 40.7. The number of hydrogen-bond donors (Lipinski definition) is 1. The van der Waals surface area contributed by atoms with Crippen LogP contribution in [0.4, 0.5) is 0 Å². The van der Waals surface area contributed by atoms with Crippen LogP contribution in [0, 0.1) is 5.41 Å². The Kier molecular flexibility index (Phi) is 3.24. The lowest BCUT2D eigenvalue weighted by molar-refractivity contribution is -0.166. The summed E-state index contributed by atoms with van der Waals surface area (Å²) in [6.45, 7) is 0. The summed E-state index contributed by atoms with van der Waals surface area (Å²) < 4.78 is 4.89. The lowest BCUT2D eigenvalue weighted by Crippen LogP contribution is -2.54. The highest BCUT2D eigenvalue weighted by molar-refractivity contribution is 8.00. The molecule has 3 nitrogen and oxygen atoms in total. The average molecular weight is 248 g/mol. The van der Waals surface area contributed by atoms with Gasteiger partial charge in [0.05, 0.1) is 12.7 Å². The molecule has 0 aromatic heterocycles. The van der Waals surface area contributed by atoms with E-state index in [1.807, 2.05) is 0 Å². The van der Waals surface area contributed by atoms with Crippen molar-refractivity contribution < 1.29 is 14.6 Å². The van der Waals surface area contributed by atoms with Gasteiger partial charge in [0.15, 0.2) is 0 Å². The number of esters is 1. The van der Waals surface area contributed by atoms with Crippen molar-refractivity contribution >= 4 is 29.5 Å². The Bertz CT molecular complexity index is 255. The highest BCUT2D eigenvalue weighted by Crippen LogP contribution is 2.51. The molecule has 0 aliphatic carbocycles. The fourth-order valence-corrected chi connectivity index (χ4v) is 5.31. The molecule has 15 heavy (non-hydrogen) atoms. The number of thioether (sulfide) groups is 2. The van der Waals surface area contributed by atoms with E-state index in [4.69, 9.17) is 4.74 Å². The smallest absolute Gasteiger partial charge is 0.315 e. The molecule has 86 valence electrons. The summed E-state index contributed by atoms with van der Waals surface area (Å²) in [5, 5.41) is 10.6. The Morgan fingerprint density at radius 1 is 1.27 bits per heavy atom. The number of methoxy groups -OCH3 is 1. The zero-order chi connectivity index (χ0) is 10.9. The van der Waals surface area contributed by atoms with Crippen LogP contribution in [0.3, 0.4) is 0 Å². The van der Waals surface area contributed by atoms with Crippen molar-refractivity contribution in [2.45, 2.75) is 18.4 Å². The quantitative estimate of drug-likeness (QED) is 0.743. The molecular weight excluding hydrogens is 232 g/mol. The van der Waals surface area contributed by atoms with Crippen molar-refractivity contribution in [2.24, 2.45) is 5.41 Å². The minimum absolute atomic E-state index is 0.225. The van der Waals surface area contributed by atoms with E-state index in [0.717, 1.165) is 17.9 Å². The van der Waals surface area contributed by atoms with Gasteiger partial charge in [-0.15, -0.1) is 0 Å². The van der Waals surface area contributed by atoms with E-state index in [-0.39, 0.29) is 5.97 Å². The number of aliphatic hydroxyl groups is 1. The molecule has 2 atom stereocenters. The fraction of sp³-hybridized carbons (Fsp3) is 0.900. The Balaban J connectivity index is 2.29. The highest BCUT2D eigenvalue weighted by atomic mass is 32.2. The zero-order valence-electron chi connectivity index (χ0n) is 8.82. The van der Waals surface area contributed by atoms with Crippen LogP contribution in [-0.2, 0) is 9.53 Å². The highest BCUT2D eigenvalue weighted by Gasteiger charge is 2.59. The SMILES string of the molecule is COC(=O)C1(C2(O)CCSC2)CCSC1. The van der Waals surface area contributed by atoms with Gasteiger partial charge in [-0.2, -0.15) is 23.5 Å². The standard InChI is InChI=1S/C10H16O3S2/c1-13-8(11)9(2-4-14-6-9)10(12)3-5-15-7-10/h12H,2-7H2,1H3. The predicted molar refractivity (Wildman–Crippen MR) is 63.3 cm³/mol. The van der Waals surface area contributed by atoms with Gasteiger partial charge >= 0.3 is 5.97 Å². The summed E-state index contributed by atoms with van der Waals surface area (Å²) in [5.74, 6) is 3.04. The van der Waals surface area contributed by atoms with E-state index in [1.54, 1.807) is 23.5 Å². The van der Waals surface area contributed by atoms with E-state index >= 15 is 0 Å². The molecular formula is C10H16O3S2. The topological polar surface area (TPSA) is 46.5 Å². The molecule has 2 aliphatic heterocycles. The van der Waals surface area contributed by atoms with Gasteiger partial charge in [0, 0.05) is 11.5 Å².